The smallest absolute Gasteiger partial charge is 0.357 e. The second-order valence-corrected chi connectivity index (χ2v) is 5.14. The molecular formula is C17H18N4O5. The number of anilines is 2. The molecule has 0 unspecified atom stereocenters. The molecule has 0 fully saturated rings. The van der Waals surface area contributed by atoms with E-state index in [0.717, 1.165) is 0 Å². The van der Waals surface area contributed by atoms with Gasteiger partial charge in [0.25, 0.3) is 0 Å². The molecule has 26 heavy (non-hydrogen) atoms. The van der Waals surface area contributed by atoms with Gasteiger partial charge in [0.15, 0.2) is 5.69 Å². The number of nitriles is 1. The van der Waals surface area contributed by atoms with E-state index >= 15 is 0 Å². The molecule has 136 valence electrons. The van der Waals surface area contributed by atoms with E-state index in [1.807, 2.05) is 6.07 Å². The summed E-state index contributed by atoms with van der Waals surface area (Å²) in [4.78, 5) is 23.9. The number of benzene rings is 1. The Morgan fingerprint density at radius 2 is 2.04 bits per heavy atom. The van der Waals surface area contributed by atoms with Crippen LogP contribution in [0.5, 0.6) is 5.75 Å². The van der Waals surface area contributed by atoms with Crippen molar-refractivity contribution in [2.45, 2.75) is 0 Å². The first-order chi connectivity index (χ1) is 12.5. The third-order valence-corrected chi connectivity index (χ3v) is 3.55. The number of esters is 1. The van der Waals surface area contributed by atoms with Gasteiger partial charge in [0.05, 0.1) is 31.2 Å². The molecule has 2 aromatic rings. The lowest BCUT2D eigenvalue weighted by Gasteiger charge is -2.14. The number of amides is 1. The largest absolute Gasteiger partial charge is 0.495 e. The van der Waals surface area contributed by atoms with Crippen LogP contribution in [0.2, 0.25) is 0 Å². The summed E-state index contributed by atoms with van der Waals surface area (Å²) in [6.07, 6.45) is 1.42. The highest BCUT2D eigenvalue weighted by molar-refractivity contribution is 5.96. The second-order valence-electron chi connectivity index (χ2n) is 5.14. The minimum absolute atomic E-state index is 0.0140. The van der Waals surface area contributed by atoms with Crippen molar-refractivity contribution in [3.63, 3.8) is 0 Å². The van der Waals surface area contributed by atoms with Gasteiger partial charge in [-0.2, -0.15) is 5.26 Å². The molecule has 1 heterocycles. The summed E-state index contributed by atoms with van der Waals surface area (Å²) in [7, 11) is 4.08. The molecule has 0 bridgehead atoms. The van der Waals surface area contributed by atoms with Gasteiger partial charge < -0.3 is 29.8 Å². The zero-order valence-corrected chi connectivity index (χ0v) is 14.5. The number of rotatable bonds is 6. The maximum absolute atomic E-state index is 12.1. The summed E-state index contributed by atoms with van der Waals surface area (Å²) in [5.74, 6) is -0.649. The highest BCUT2D eigenvalue weighted by Gasteiger charge is 2.22. The van der Waals surface area contributed by atoms with Crippen LogP contribution in [-0.4, -0.2) is 44.4 Å². The number of nitrogens with two attached hydrogens (primary N) is 1. The highest BCUT2D eigenvalue weighted by atomic mass is 16.5. The van der Waals surface area contributed by atoms with Crippen LogP contribution in [0, 0.1) is 11.3 Å². The molecule has 0 atom stereocenters. The van der Waals surface area contributed by atoms with Crippen LogP contribution in [0.25, 0.3) is 5.69 Å². The number of carbonyl (C=O) groups excluding carboxylic acids is 2. The Kier molecular flexibility index (Phi) is 5.82. The first-order valence-electron chi connectivity index (χ1n) is 7.43. The summed E-state index contributed by atoms with van der Waals surface area (Å²) in [5, 5.41) is 11.8. The van der Waals surface area contributed by atoms with E-state index in [4.69, 9.17) is 19.9 Å². The lowest BCUT2D eigenvalue weighted by atomic mass is 10.2. The van der Waals surface area contributed by atoms with Crippen molar-refractivity contribution in [1.82, 2.24) is 4.57 Å². The Morgan fingerprint density at radius 3 is 2.62 bits per heavy atom. The number of aromatic nitrogens is 1. The van der Waals surface area contributed by atoms with Crippen molar-refractivity contribution in [3.8, 4) is 17.5 Å². The molecule has 0 aliphatic rings. The van der Waals surface area contributed by atoms with E-state index in [9.17, 15) is 14.9 Å². The van der Waals surface area contributed by atoms with Crippen molar-refractivity contribution in [3.05, 3.63) is 35.7 Å². The van der Waals surface area contributed by atoms with Gasteiger partial charge in [0.1, 0.15) is 18.4 Å². The molecule has 2 rings (SSSR count). The maximum atomic E-state index is 12.1. The fraction of sp³-hybridized carbons (Fsp3) is 0.235. The molecule has 0 aliphatic heterocycles. The van der Waals surface area contributed by atoms with E-state index in [-0.39, 0.29) is 29.5 Å². The quantitative estimate of drug-likeness (QED) is 0.745. The zero-order chi connectivity index (χ0) is 19.3. The van der Waals surface area contributed by atoms with E-state index in [1.165, 1.54) is 32.1 Å². The number of nitrogens with zero attached hydrogens (tertiary/aromatic N) is 2. The Hall–Kier alpha value is -3.51. The van der Waals surface area contributed by atoms with Crippen molar-refractivity contribution in [2.75, 3.05) is 39.0 Å². The van der Waals surface area contributed by atoms with E-state index in [2.05, 4.69) is 5.32 Å². The van der Waals surface area contributed by atoms with E-state index in [0.29, 0.717) is 17.1 Å². The van der Waals surface area contributed by atoms with Crippen molar-refractivity contribution in [1.29, 1.82) is 5.26 Å². The monoisotopic (exact) mass is 358 g/mol. The second kappa shape index (κ2) is 8.04. The number of hydrogen-bond acceptors (Lipinski definition) is 7. The standard InChI is InChI=1S/C17H18N4O5/c1-24-9-14(22)20-12-6-11(4-5-13(12)25-2)21-8-10(7-18)15(19)16(21)17(23)26-3/h4-6,8H,9,19H2,1-3H3,(H,20,22). The Labute approximate surface area is 149 Å². The summed E-state index contributed by atoms with van der Waals surface area (Å²) >= 11 is 0. The van der Waals surface area contributed by atoms with Gasteiger partial charge in [-0.05, 0) is 18.2 Å². The van der Waals surface area contributed by atoms with Gasteiger partial charge in [0, 0.05) is 19.0 Å². The number of nitrogen functional groups attached to an aromatic ring is 1. The summed E-state index contributed by atoms with van der Waals surface area (Å²) in [6, 6.07) is 6.77. The van der Waals surface area contributed by atoms with Gasteiger partial charge in [-0.25, -0.2) is 4.79 Å². The van der Waals surface area contributed by atoms with Crippen LogP contribution in [0.15, 0.2) is 24.4 Å². The van der Waals surface area contributed by atoms with Crippen LogP contribution in [0.4, 0.5) is 11.4 Å². The topological polar surface area (TPSA) is 129 Å². The van der Waals surface area contributed by atoms with Crippen molar-refractivity contribution in [2.24, 2.45) is 0 Å². The Morgan fingerprint density at radius 1 is 1.31 bits per heavy atom. The Balaban J connectivity index is 2.57. The van der Waals surface area contributed by atoms with Crippen molar-refractivity contribution < 1.29 is 23.8 Å². The predicted molar refractivity (Wildman–Crippen MR) is 93.3 cm³/mol. The molecule has 0 radical (unpaired) electrons. The van der Waals surface area contributed by atoms with Gasteiger partial charge in [0.2, 0.25) is 5.91 Å². The third kappa shape index (κ3) is 3.60. The molecule has 3 N–H and O–H groups in total. The molecule has 0 spiro atoms. The highest BCUT2D eigenvalue weighted by Crippen LogP contribution is 2.30. The van der Waals surface area contributed by atoms with Crippen LogP contribution < -0.4 is 15.8 Å². The maximum Gasteiger partial charge on any atom is 0.357 e. The van der Waals surface area contributed by atoms with Crippen molar-refractivity contribution >= 4 is 23.3 Å². The lowest BCUT2D eigenvalue weighted by molar-refractivity contribution is -0.119. The number of nitrogens with one attached hydrogen (secondary N) is 1. The Bertz CT molecular complexity index is 882. The van der Waals surface area contributed by atoms with E-state index in [1.54, 1.807) is 18.2 Å². The SMILES string of the molecule is COCC(=O)Nc1cc(-n2cc(C#N)c(N)c2C(=O)OC)ccc1OC. The average Bonchev–Trinajstić information content (AvgIpc) is 2.97. The molecule has 9 nitrogen and oxygen atoms in total. The third-order valence-electron chi connectivity index (χ3n) is 3.55. The van der Waals surface area contributed by atoms with Gasteiger partial charge in [-0.15, -0.1) is 0 Å². The molecule has 1 aromatic heterocycles. The molecule has 1 aromatic carbocycles. The summed E-state index contributed by atoms with van der Waals surface area (Å²) in [6.45, 7) is -0.129. The number of carbonyl (C=O) groups is 2. The van der Waals surface area contributed by atoms with Crippen LogP contribution in [0.1, 0.15) is 16.1 Å². The number of methoxy groups -OCH3 is 3. The van der Waals surface area contributed by atoms with Crippen LogP contribution in [0.3, 0.4) is 0 Å². The molecule has 1 amide bonds. The number of hydrogen-bond donors (Lipinski definition) is 2. The van der Waals surface area contributed by atoms with Crippen LogP contribution >= 0.6 is 0 Å². The average molecular weight is 358 g/mol. The molecule has 9 heteroatoms. The summed E-state index contributed by atoms with van der Waals surface area (Å²) in [5.41, 5.74) is 6.90. The minimum atomic E-state index is -0.690. The van der Waals surface area contributed by atoms with E-state index < -0.39 is 5.97 Å². The fourth-order valence-corrected chi connectivity index (χ4v) is 2.38. The predicted octanol–water partition coefficient (Wildman–Crippen LogP) is 1.31. The minimum Gasteiger partial charge on any atom is -0.495 e. The van der Waals surface area contributed by atoms with Crippen LogP contribution in [-0.2, 0) is 14.3 Å². The van der Waals surface area contributed by atoms with Gasteiger partial charge >= 0.3 is 5.97 Å². The fourth-order valence-electron chi connectivity index (χ4n) is 2.38. The first-order valence-corrected chi connectivity index (χ1v) is 7.43. The summed E-state index contributed by atoms with van der Waals surface area (Å²) < 4.78 is 16.2. The van der Waals surface area contributed by atoms with Gasteiger partial charge in [-0.1, -0.05) is 0 Å². The number of ether oxygens (including phenoxy) is 3. The molecule has 0 saturated heterocycles. The molecular weight excluding hydrogens is 340 g/mol. The van der Waals surface area contributed by atoms with Gasteiger partial charge in [-0.3, -0.25) is 4.79 Å². The first kappa shape index (κ1) is 18.8. The molecule has 0 aliphatic carbocycles. The lowest BCUT2D eigenvalue weighted by Crippen LogP contribution is -2.18. The zero-order valence-electron chi connectivity index (χ0n) is 14.5. The normalized spacial score (nSPS) is 10.1. The molecule has 0 saturated carbocycles.